The molecule has 4 nitrogen and oxygen atoms in total. The van der Waals surface area contributed by atoms with E-state index in [1.54, 1.807) is 0 Å². The van der Waals surface area contributed by atoms with Crippen LogP contribution in [0.5, 0.6) is 0 Å². The van der Waals surface area contributed by atoms with Crippen LogP contribution in [0.4, 0.5) is 4.79 Å². The van der Waals surface area contributed by atoms with Crippen molar-refractivity contribution in [3.8, 4) is 0 Å². The van der Waals surface area contributed by atoms with Gasteiger partial charge in [0.25, 0.3) is 0 Å². The molecule has 1 aliphatic rings. The fourth-order valence-corrected chi connectivity index (χ4v) is 2.70. The van der Waals surface area contributed by atoms with Crippen LogP contribution in [-0.2, 0) is 24.3 Å². The highest BCUT2D eigenvalue weighted by molar-refractivity contribution is 5.69. The van der Waals surface area contributed by atoms with Crippen molar-refractivity contribution in [3.63, 3.8) is 0 Å². The maximum atomic E-state index is 12.4. The van der Waals surface area contributed by atoms with Crippen LogP contribution >= 0.6 is 0 Å². The average Bonchev–Trinajstić information content (AvgIpc) is 2.43. The van der Waals surface area contributed by atoms with Crippen molar-refractivity contribution in [2.75, 3.05) is 0 Å². The summed E-state index contributed by atoms with van der Waals surface area (Å²) in [6.45, 7) is 8.38. The van der Waals surface area contributed by atoms with Crippen molar-refractivity contribution in [1.29, 1.82) is 0 Å². The van der Waals surface area contributed by atoms with Crippen LogP contribution in [0, 0.1) is 0 Å². The van der Waals surface area contributed by atoms with Crippen LogP contribution in [0.2, 0.25) is 0 Å². The number of benzene rings is 1. The molecule has 2 rings (SSSR count). The first-order valence-corrected chi connectivity index (χ1v) is 7.55. The molecule has 0 spiro atoms. The third kappa shape index (κ3) is 3.76. The van der Waals surface area contributed by atoms with Crippen molar-refractivity contribution >= 4 is 6.09 Å². The summed E-state index contributed by atoms with van der Waals surface area (Å²) in [6, 6.07) is 6.12. The van der Waals surface area contributed by atoms with Gasteiger partial charge in [0, 0.05) is 12.6 Å². The molecular formula is C17H25NO3. The Morgan fingerprint density at radius 3 is 2.67 bits per heavy atom. The van der Waals surface area contributed by atoms with Gasteiger partial charge in [-0.25, -0.2) is 4.79 Å². The topological polar surface area (TPSA) is 49.8 Å². The Hall–Kier alpha value is -1.55. The van der Waals surface area contributed by atoms with Crippen LogP contribution in [0.25, 0.3) is 0 Å². The van der Waals surface area contributed by atoms with Crippen LogP contribution in [0.15, 0.2) is 18.2 Å². The Labute approximate surface area is 126 Å². The van der Waals surface area contributed by atoms with Crippen LogP contribution in [-0.4, -0.2) is 27.7 Å². The van der Waals surface area contributed by atoms with Crippen molar-refractivity contribution < 1.29 is 14.6 Å². The first-order chi connectivity index (χ1) is 9.84. The van der Waals surface area contributed by atoms with Crippen molar-refractivity contribution in [3.05, 3.63) is 34.9 Å². The number of ether oxygens (including phenoxy) is 1. The Morgan fingerprint density at radius 2 is 2.10 bits per heavy atom. The summed E-state index contributed by atoms with van der Waals surface area (Å²) in [5.74, 6) is 0. The highest BCUT2D eigenvalue weighted by Gasteiger charge is 2.31. The van der Waals surface area contributed by atoms with Gasteiger partial charge >= 0.3 is 6.09 Å². The predicted molar refractivity (Wildman–Crippen MR) is 81.9 cm³/mol. The van der Waals surface area contributed by atoms with Crippen molar-refractivity contribution in [2.24, 2.45) is 0 Å². The standard InChI is InChI=1S/C17H25NO3/c1-5-15-9-14-8-12(11-19)6-7-13(14)10-18(15)16(20)21-17(2,3)4/h6-8,15,19H,5,9-11H2,1-4H3. The van der Waals surface area contributed by atoms with Crippen LogP contribution in [0.1, 0.15) is 50.8 Å². The molecule has 21 heavy (non-hydrogen) atoms. The molecule has 116 valence electrons. The lowest BCUT2D eigenvalue weighted by Crippen LogP contribution is -2.46. The van der Waals surface area contributed by atoms with Gasteiger partial charge in [0.15, 0.2) is 0 Å². The molecule has 1 heterocycles. The zero-order valence-electron chi connectivity index (χ0n) is 13.3. The second-order valence-electron chi connectivity index (χ2n) is 6.64. The van der Waals surface area contributed by atoms with Gasteiger partial charge in [0.05, 0.1) is 6.61 Å². The average molecular weight is 291 g/mol. The molecule has 0 bridgehead atoms. The Balaban J connectivity index is 2.22. The highest BCUT2D eigenvalue weighted by atomic mass is 16.6. The first-order valence-electron chi connectivity index (χ1n) is 7.55. The SMILES string of the molecule is CCC1Cc2cc(CO)ccc2CN1C(=O)OC(C)(C)C. The summed E-state index contributed by atoms with van der Waals surface area (Å²) in [5.41, 5.74) is 2.82. The van der Waals surface area contributed by atoms with E-state index in [4.69, 9.17) is 4.74 Å². The second kappa shape index (κ2) is 6.06. The molecule has 4 heteroatoms. The summed E-state index contributed by atoms with van der Waals surface area (Å²) in [7, 11) is 0. The number of amides is 1. The second-order valence-corrected chi connectivity index (χ2v) is 6.64. The van der Waals surface area contributed by atoms with Crippen LogP contribution < -0.4 is 0 Å². The number of carbonyl (C=O) groups is 1. The summed E-state index contributed by atoms with van der Waals surface area (Å²) < 4.78 is 5.52. The van der Waals surface area contributed by atoms with Gasteiger partial charge in [-0.05, 0) is 50.3 Å². The summed E-state index contributed by atoms with van der Waals surface area (Å²) >= 11 is 0. The van der Waals surface area contributed by atoms with Crippen molar-refractivity contribution in [1.82, 2.24) is 4.90 Å². The minimum absolute atomic E-state index is 0.0554. The zero-order chi connectivity index (χ0) is 15.6. The van der Waals surface area contributed by atoms with E-state index in [-0.39, 0.29) is 18.7 Å². The third-order valence-corrected chi connectivity index (χ3v) is 3.79. The molecule has 0 aromatic heterocycles. The molecule has 0 aliphatic carbocycles. The molecule has 1 aromatic carbocycles. The number of carbonyl (C=O) groups excluding carboxylic acids is 1. The Morgan fingerprint density at radius 1 is 1.38 bits per heavy atom. The van der Waals surface area contributed by atoms with E-state index >= 15 is 0 Å². The molecule has 1 amide bonds. The van der Waals surface area contributed by atoms with E-state index in [1.807, 2.05) is 43.9 Å². The number of nitrogens with zero attached hydrogens (tertiary/aromatic N) is 1. The molecule has 0 saturated heterocycles. The van der Waals surface area contributed by atoms with Gasteiger partial charge in [-0.1, -0.05) is 25.1 Å². The zero-order valence-corrected chi connectivity index (χ0v) is 13.3. The Kier molecular flexibility index (Phi) is 4.57. The van der Waals surface area contributed by atoms with Gasteiger partial charge in [0.1, 0.15) is 5.60 Å². The number of fused-ring (bicyclic) bond motifs is 1. The fraction of sp³-hybridized carbons (Fsp3) is 0.588. The van der Waals surface area contributed by atoms with Gasteiger partial charge < -0.3 is 14.7 Å². The third-order valence-electron chi connectivity index (χ3n) is 3.79. The predicted octanol–water partition coefficient (Wildman–Crippen LogP) is 3.25. The molecule has 0 saturated carbocycles. The summed E-state index contributed by atoms with van der Waals surface area (Å²) in [4.78, 5) is 14.2. The maximum absolute atomic E-state index is 12.4. The number of hydrogen-bond acceptors (Lipinski definition) is 3. The lowest BCUT2D eigenvalue weighted by atomic mass is 9.91. The van der Waals surface area contributed by atoms with E-state index in [0.717, 1.165) is 24.0 Å². The Bertz CT molecular complexity index is 519. The van der Waals surface area contributed by atoms with Crippen LogP contribution in [0.3, 0.4) is 0 Å². The summed E-state index contributed by atoms with van der Waals surface area (Å²) in [6.07, 6.45) is 1.47. The lowest BCUT2D eigenvalue weighted by Gasteiger charge is -2.37. The lowest BCUT2D eigenvalue weighted by molar-refractivity contribution is 0.0115. The minimum atomic E-state index is -0.476. The maximum Gasteiger partial charge on any atom is 0.410 e. The number of hydrogen-bond donors (Lipinski definition) is 1. The number of rotatable bonds is 2. The molecule has 1 aromatic rings. The molecule has 1 N–H and O–H groups in total. The van der Waals surface area contributed by atoms with Gasteiger partial charge in [-0.2, -0.15) is 0 Å². The van der Waals surface area contributed by atoms with Gasteiger partial charge in [-0.15, -0.1) is 0 Å². The fourth-order valence-electron chi connectivity index (χ4n) is 2.70. The molecule has 1 unspecified atom stereocenters. The van der Waals surface area contributed by atoms with E-state index < -0.39 is 5.60 Å². The van der Waals surface area contributed by atoms with Crippen molar-refractivity contribution in [2.45, 2.75) is 65.3 Å². The first kappa shape index (κ1) is 15.8. The smallest absolute Gasteiger partial charge is 0.410 e. The quantitative estimate of drug-likeness (QED) is 0.910. The normalized spacial score (nSPS) is 18.3. The molecule has 0 fully saturated rings. The molecule has 1 aliphatic heterocycles. The molecule has 1 atom stereocenters. The molecule has 0 radical (unpaired) electrons. The highest BCUT2D eigenvalue weighted by Crippen LogP contribution is 2.27. The monoisotopic (exact) mass is 291 g/mol. The molecular weight excluding hydrogens is 266 g/mol. The van der Waals surface area contributed by atoms with E-state index in [0.29, 0.717) is 6.54 Å². The van der Waals surface area contributed by atoms with E-state index in [9.17, 15) is 9.90 Å². The van der Waals surface area contributed by atoms with E-state index in [1.165, 1.54) is 5.56 Å². The summed E-state index contributed by atoms with van der Waals surface area (Å²) in [5, 5.41) is 9.25. The van der Waals surface area contributed by atoms with Gasteiger partial charge in [0.2, 0.25) is 0 Å². The number of aliphatic hydroxyl groups excluding tert-OH is 1. The van der Waals surface area contributed by atoms with Gasteiger partial charge in [-0.3, -0.25) is 0 Å². The van der Waals surface area contributed by atoms with E-state index in [2.05, 4.69) is 6.92 Å². The largest absolute Gasteiger partial charge is 0.444 e. The number of aliphatic hydroxyl groups is 1. The minimum Gasteiger partial charge on any atom is -0.444 e.